The van der Waals surface area contributed by atoms with Gasteiger partial charge in [0.2, 0.25) is 0 Å². The monoisotopic (exact) mass is 325 g/mol. The zero-order valence-electron chi connectivity index (χ0n) is 16.0. The number of rotatable bonds is 18. The normalized spacial score (nSPS) is 13.0. The van der Waals surface area contributed by atoms with Crippen molar-refractivity contribution in [3.63, 3.8) is 0 Å². The van der Waals surface area contributed by atoms with Crippen LogP contribution in [0.2, 0.25) is 0 Å². The van der Waals surface area contributed by atoms with Crippen LogP contribution in [0.3, 0.4) is 0 Å². The zero-order valence-corrected chi connectivity index (χ0v) is 16.0. The predicted molar refractivity (Wildman–Crippen MR) is 104 cm³/mol. The van der Waals surface area contributed by atoms with E-state index < -0.39 is 0 Å². The Morgan fingerprint density at radius 3 is 1.74 bits per heavy atom. The molecule has 0 rings (SSSR count). The van der Waals surface area contributed by atoms with Crippen molar-refractivity contribution in [2.24, 2.45) is 0 Å². The number of aliphatic hydroxyl groups excluding tert-OH is 1. The van der Waals surface area contributed by atoms with E-state index in [0.717, 1.165) is 6.54 Å². The lowest BCUT2D eigenvalue weighted by Crippen LogP contribution is -2.29. The quantitative estimate of drug-likeness (QED) is 0.239. The lowest BCUT2D eigenvalue weighted by molar-refractivity contribution is 0.251. The van der Waals surface area contributed by atoms with Gasteiger partial charge >= 0.3 is 0 Å². The molecule has 0 aromatic carbocycles. The molecule has 0 bridgehead atoms. The van der Waals surface area contributed by atoms with Crippen molar-refractivity contribution in [3.05, 3.63) is 12.2 Å². The summed E-state index contributed by atoms with van der Waals surface area (Å²) in [5.41, 5.74) is 0. The summed E-state index contributed by atoms with van der Waals surface area (Å²) in [4.78, 5) is 0. The third-order valence-electron chi connectivity index (χ3n) is 4.46. The third kappa shape index (κ3) is 19.6. The molecule has 1 atom stereocenters. The van der Waals surface area contributed by atoms with Gasteiger partial charge in [0.05, 0.1) is 6.61 Å². The Morgan fingerprint density at radius 2 is 1.22 bits per heavy atom. The van der Waals surface area contributed by atoms with Crippen molar-refractivity contribution < 1.29 is 5.11 Å². The molecule has 2 heteroatoms. The molecule has 0 radical (unpaired) electrons. The van der Waals surface area contributed by atoms with Crippen molar-refractivity contribution in [3.8, 4) is 0 Å². The molecule has 0 spiro atoms. The van der Waals surface area contributed by atoms with E-state index in [1.165, 1.54) is 89.9 Å². The molecule has 2 N–H and O–H groups in total. The molecule has 0 aromatic heterocycles. The highest BCUT2D eigenvalue weighted by atomic mass is 16.3. The van der Waals surface area contributed by atoms with Crippen LogP contribution < -0.4 is 5.32 Å². The Kier molecular flexibility index (Phi) is 19.4. The van der Waals surface area contributed by atoms with Crippen molar-refractivity contribution >= 4 is 0 Å². The van der Waals surface area contributed by atoms with Gasteiger partial charge in [0, 0.05) is 6.04 Å². The smallest absolute Gasteiger partial charge is 0.0581 e. The molecule has 0 amide bonds. The van der Waals surface area contributed by atoms with Gasteiger partial charge in [0.25, 0.3) is 0 Å². The lowest BCUT2D eigenvalue weighted by Gasteiger charge is -2.09. The van der Waals surface area contributed by atoms with E-state index in [0.29, 0.717) is 0 Å². The standard InChI is InChI=1S/C21H43NO/c1-3-4-5-6-7-8-9-10-11-12-13-14-15-16-17-18-19-22-21(2)20-23/h10-11,21-23H,3-9,12-20H2,1-2H3/b11-10-. The second kappa shape index (κ2) is 19.7. The number of nitrogens with one attached hydrogen (secondary N) is 1. The van der Waals surface area contributed by atoms with Crippen molar-refractivity contribution in [2.75, 3.05) is 13.2 Å². The molecule has 0 aliphatic carbocycles. The Bertz CT molecular complexity index is 240. The summed E-state index contributed by atoms with van der Waals surface area (Å²) >= 11 is 0. The van der Waals surface area contributed by atoms with Crippen LogP contribution in [0.4, 0.5) is 0 Å². The molecule has 0 aliphatic heterocycles. The van der Waals surface area contributed by atoms with E-state index in [1.54, 1.807) is 0 Å². The zero-order chi connectivity index (χ0) is 17.0. The fourth-order valence-corrected chi connectivity index (χ4v) is 2.79. The molecule has 0 aliphatic rings. The Labute approximate surface area is 146 Å². The Morgan fingerprint density at radius 1 is 0.739 bits per heavy atom. The molecule has 0 aromatic rings. The predicted octanol–water partition coefficient (Wildman–Crippen LogP) is 5.99. The van der Waals surface area contributed by atoms with Crippen LogP contribution in [0.25, 0.3) is 0 Å². The fourth-order valence-electron chi connectivity index (χ4n) is 2.79. The highest BCUT2D eigenvalue weighted by Crippen LogP contribution is 2.09. The molecule has 23 heavy (non-hydrogen) atoms. The maximum absolute atomic E-state index is 8.90. The van der Waals surface area contributed by atoms with Gasteiger partial charge in [-0.25, -0.2) is 0 Å². The van der Waals surface area contributed by atoms with Crippen LogP contribution in [0, 0.1) is 0 Å². The van der Waals surface area contributed by atoms with E-state index in [4.69, 9.17) is 5.11 Å². The summed E-state index contributed by atoms with van der Waals surface area (Å²) in [6.45, 7) is 5.59. The largest absolute Gasteiger partial charge is 0.395 e. The summed E-state index contributed by atoms with van der Waals surface area (Å²) in [5.74, 6) is 0. The minimum absolute atomic E-state index is 0.242. The summed E-state index contributed by atoms with van der Waals surface area (Å²) in [5, 5.41) is 12.2. The minimum atomic E-state index is 0.242. The first kappa shape index (κ1) is 22.7. The van der Waals surface area contributed by atoms with Gasteiger partial charge in [-0.2, -0.15) is 0 Å². The van der Waals surface area contributed by atoms with E-state index in [2.05, 4.69) is 24.4 Å². The summed E-state index contributed by atoms with van der Waals surface area (Å²) < 4.78 is 0. The van der Waals surface area contributed by atoms with Crippen molar-refractivity contribution in [2.45, 2.75) is 110 Å². The first-order valence-electron chi connectivity index (χ1n) is 10.3. The van der Waals surface area contributed by atoms with Crippen LogP contribution in [-0.4, -0.2) is 24.3 Å². The minimum Gasteiger partial charge on any atom is -0.395 e. The van der Waals surface area contributed by atoms with Gasteiger partial charge < -0.3 is 10.4 Å². The highest BCUT2D eigenvalue weighted by Gasteiger charge is 1.97. The van der Waals surface area contributed by atoms with E-state index in [9.17, 15) is 0 Å². The molecule has 0 heterocycles. The lowest BCUT2D eigenvalue weighted by atomic mass is 10.1. The molecule has 0 saturated heterocycles. The molecule has 0 fully saturated rings. The molecule has 2 nitrogen and oxygen atoms in total. The topological polar surface area (TPSA) is 32.3 Å². The molecule has 1 unspecified atom stereocenters. The van der Waals surface area contributed by atoms with Crippen LogP contribution in [-0.2, 0) is 0 Å². The van der Waals surface area contributed by atoms with E-state index in [-0.39, 0.29) is 12.6 Å². The van der Waals surface area contributed by atoms with E-state index in [1.807, 2.05) is 6.92 Å². The van der Waals surface area contributed by atoms with Gasteiger partial charge in [-0.05, 0) is 45.6 Å². The SMILES string of the molecule is CCCCCCCC/C=C\CCCCCCCCNC(C)CO. The second-order valence-corrected chi connectivity index (χ2v) is 6.98. The van der Waals surface area contributed by atoms with Gasteiger partial charge in [-0.3, -0.25) is 0 Å². The van der Waals surface area contributed by atoms with Gasteiger partial charge in [0.15, 0.2) is 0 Å². The van der Waals surface area contributed by atoms with Crippen molar-refractivity contribution in [1.29, 1.82) is 0 Å². The maximum Gasteiger partial charge on any atom is 0.0581 e. The maximum atomic E-state index is 8.90. The fraction of sp³-hybridized carbons (Fsp3) is 0.905. The number of allylic oxidation sites excluding steroid dienone is 2. The number of hydrogen-bond donors (Lipinski definition) is 2. The average Bonchev–Trinajstić information content (AvgIpc) is 2.57. The third-order valence-corrected chi connectivity index (χ3v) is 4.46. The second-order valence-electron chi connectivity index (χ2n) is 6.98. The first-order chi connectivity index (χ1) is 11.3. The van der Waals surface area contributed by atoms with Crippen LogP contribution in [0.5, 0.6) is 0 Å². The molecule has 138 valence electrons. The number of unbranched alkanes of at least 4 members (excludes halogenated alkanes) is 12. The highest BCUT2D eigenvalue weighted by molar-refractivity contribution is 4.81. The van der Waals surface area contributed by atoms with E-state index >= 15 is 0 Å². The molecular formula is C21H43NO. The number of aliphatic hydroxyl groups is 1. The summed E-state index contributed by atoms with van der Waals surface area (Å²) in [7, 11) is 0. The molecular weight excluding hydrogens is 282 g/mol. The van der Waals surface area contributed by atoms with Gasteiger partial charge in [-0.1, -0.05) is 76.9 Å². The average molecular weight is 326 g/mol. The van der Waals surface area contributed by atoms with Gasteiger partial charge in [-0.15, -0.1) is 0 Å². The summed E-state index contributed by atoms with van der Waals surface area (Å²) in [6.07, 6.45) is 23.8. The van der Waals surface area contributed by atoms with Crippen molar-refractivity contribution in [1.82, 2.24) is 5.32 Å². The summed E-state index contributed by atoms with van der Waals surface area (Å²) in [6, 6.07) is 0.248. The van der Waals surface area contributed by atoms with Crippen LogP contribution in [0.1, 0.15) is 104 Å². The molecule has 0 saturated carbocycles. The number of hydrogen-bond acceptors (Lipinski definition) is 2. The van der Waals surface area contributed by atoms with Crippen LogP contribution >= 0.6 is 0 Å². The Hall–Kier alpha value is -0.340. The Balaban J connectivity index is 3.08. The van der Waals surface area contributed by atoms with Crippen LogP contribution in [0.15, 0.2) is 12.2 Å². The first-order valence-corrected chi connectivity index (χ1v) is 10.3. The van der Waals surface area contributed by atoms with Gasteiger partial charge in [0.1, 0.15) is 0 Å².